The largest absolute Gasteiger partial charge is 0.386 e. The van der Waals surface area contributed by atoms with Crippen molar-refractivity contribution < 1.29 is 19.5 Å². The molecule has 2 aliphatic heterocycles. The van der Waals surface area contributed by atoms with Crippen molar-refractivity contribution in [2.24, 2.45) is 0 Å². The van der Waals surface area contributed by atoms with E-state index in [-0.39, 0.29) is 31.2 Å². The molecule has 3 aromatic rings. The maximum absolute atomic E-state index is 12.8. The van der Waals surface area contributed by atoms with Crippen molar-refractivity contribution in [1.82, 2.24) is 30.2 Å². The fourth-order valence-electron chi connectivity index (χ4n) is 4.10. The van der Waals surface area contributed by atoms with E-state index in [1.165, 1.54) is 4.90 Å². The number of benzene rings is 1. The first-order chi connectivity index (χ1) is 15.5. The minimum atomic E-state index is -0.791. The number of carbonyl (C=O) groups is 3. The van der Waals surface area contributed by atoms with Crippen LogP contribution < -0.4 is 5.32 Å². The number of hydrogen-bond donors (Lipinski definition) is 2. The number of nitrogens with one attached hydrogen (secondary N) is 1. The van der Waals surface area contributed by atoms with Crippen LogP contribution in [0.25, 0.3) is 5.69 Å². The van der Waals surface area contributed by atoms with Crippen molar-refractivity contribution in [1.29, 1.82) is 0 Å². The van der Waals surface area contributed by atoms with E-state index >= 15 is 0 Å². The molecule has 2 atom stereocenters. The zero-order valence-electron chi connectivity index (χ0n) is 17.0. The summed E-state index contributed by atoms with van der Waals surface area (Å²) in [6, 6.07) is 10.0. The first-order valence-corrected chi connectivity index (χ1v) is 10.3. The van der Waals surface area contributed by atoms with Crippen LogP contribution in [0.5, 0.6) is 0 Å². The second kappa shape index (κ2) is 7.97. The standard InChI is InChI=1S/C22H20N6O4/c29-19(17-3-1-2-8-23-17)10-14-12-28(26-25-14)15-4-5-16-13(9-15)11-27(22(16)32)18-6-7-20(30)24-21(18)31/h1-5,8-9,12,18-19,29H,6-7,10-11H2,(H,24,30,31). The number of nitrogens with zero attached hydrogens (tertiary/aromatic N) is 5. The van der Waals surface area contributed by atoms with Gasteiger partial charge in [-0.05, 0) is 42.3 Å². The van der Waals surface area contributed by atoms with E-state index in [9.17, 15) is 19.5 Å². The Bertz CT molecular complexity index is 1210. The highest BCUT2D eigenvalue weighted by Gasteiger charge is 2.39. The van der Waals surface area contributed by atoms with Crippen molar-refractivity contribution in [3.05, 3.63) is 71.3 Å². The number of pyridine rings is 1. The molecule has 32 heavy (non-hydrogen) atoms. The molecule has 10 nitrogen and oxygen atoms in total. The Balaban J connectivity index is 1.32. The highest BCUT2D eigenvalue weighted by atomic mass is 16.3. The Morgan fingerprint density at radius 2 is 2.06 bits per heavy atom. The van der Waals surface area contributed by atoms with Gasteiger partial charge in [0.25, 0.3) is 5.91 Å². The lowest BCUT2D eigenvalue weighted by molar-refractivity contribution is -0.136. The van der Waals surface area contributed by atoms with Crippen molar-refractivity contribution in [3.8, 4) is 5.69 Å². The Labute approximate surface area is 182 Å². The quantitative estimate of drug-likeness (QED) is 0.568. The summed E-state index contributed by atoms with van der Waals surface area (Å²) >= 11 is 0. The lowest BCUT2D eigenvalue weighted by Gasteiger charge is -2.29. The van der Waals surface area contributed by atoms with Crippen LogP contribution in [0.15, 0.2) is 48.8 Å². The number of amides is 3. The average molecular weight is 432 g/mol. The fourth-order valence-corrected chi connectivity index (χ4v) is 4.10. The van der Waals surface area contributed by atoms with Gasteiger partial charge in [-0.25, -0.2) is 4.68 Å². The van der Waals surface area contributed by atoms with E-state index in [4.69, 9.17) is 0 Å². The molecule has 2 aliphatic rings. The van der Waals surface area contributed by atoms with Crippen molar-refractivity contribution in [3.63, 3.8) is 0 Å². The Kier molecular flexibility index (Phi) is 4.98. The first kappa shape index (κ1) is 20.0. The molecule has 2 N–H and O–H groups in total. The van der Waals surface area contributed by atoms with Gasteiger partial charge >= 0.3 is 0 Å². The highest BCUT2D eigenvalue weighted by Crippen LogP contribution is 2.29. The molecule has 0 radical (unpaired) electrons. The number of hydrogen-bond acceptors (Lipinski definition) is 7. The zero-order valence-corrected chi connectivity index (χ0v) is 17.0. The lowest BCUT2D eigenvalue weighted by atomic mass is 10.0. The van der Waals surface area contributed by atoms with Gasteiger partial charge in [-0.3, -0.25) is 24.7 Å². The van der Waals surface area contributed by atoms with Crippen LogP contribution in [0, 0.1) is 0 Å². The van der Waals surface area contributed by atoms with Crippen LogP contribution in [-0.4, -0.2) is 53.7 Å². The van der Waals surface area contributed by atoms with E-state index in [0.29, 0.717) is 29.1 Å². The van der Waals surface area contributed by atoms with E-state index in [0.717, 1.165) is 5.56 Å². The van der Waals surface area contributed by atoms with E-state index in [1.807, 2.05) is 12.1 Å². The number of fused-ring (bicyclic) bond motifs is 1. The zero-order chi connectivity index (χ0) is 22.2. The normalized spacial score (nSPS) is 19.1. The maximum Gasteiger partial charge on any atom is 0.255 e. The van der Waals surface area contributed by atoms with Crippen molar-refractivity contribution >= 4 is 17.7 Å². The second-order valence-electron chi connectivity index (χ2n) is 7.87. The second-order valence-corrected chi connectivity index (χ2v) is 7.87. The van der Waals surface area contributed by atoms with E-state index in [2.05, 4.69) is 20.6 Å². The molecule has 0 bridgehead atoms. The summed E-state index contributed by atoms with van der Waals surface area (Å²) in [4.78, 5) is 42.1. The van der Waals surface area contributed by atoms with Crippen LogP contribution in [0.4, 0.5) is 0 Å². The van der Waals surface area contributed by atoms with Crippen LogP contribution in [0.1, 0.15) is 46.3 Å². The third-order valence-corrected chi connectivity index (χ3v) is 5.74. The molecule has 4 heterocycles. The van der Waals surface area contributed by atoms with Crippen LogP contribution in [0.3, 0.4) is 0 Å². The Morgan fingerprint density at radius 1 is 1.19 bits per heavy atom. The average Bonchev–Trinajstić information content (AvgIpc) is 3.39. The number of rotatable bonds is 5. The van der Waals surface area contributed by atoms with Gasteiger partial charge in [-0.2, -0.15) is 0 Å². The maximum atomic E-state index is 12.8. The van der Waals surface area contributed by atoms with E-state index < -0.39 is 18.1 Å². The van der Waals surface area contributed by atoms with Gasteiger partial charge in [0, 0.05) is 31.1 Å². The molecule has 1 saturated heterocycles. The molecule has 5 rings (SSSR count). The van der Waals surface area contributed by atoms with Gasteiger partial charge in [0.2, 0.25) is 11.8 Å². The lowest BCUT2D eigenvalue weighted by Crippen LogP contribution is -2.52. The predicted octanol–water partition coefficient (Wildman–Crippen LogP) is 0.699. The number of carbonyl (C=O) groups excluding carboxylic acids is 3. The molecular formula is C22H20N6O4. The number of imide groups is 1. The molecule has 2 unspecified atom stereocenters. The number of aliphatic hydroxyl groups is 1. The van der Waals surface area contributed by atoms with E-state index in [1.54, 1.807) is 41.3 Å². The summed E-state index contributed by atoms with van der Waals surface area (Å²) in [5.74, 6) is -0.971. The molecule has 0 spiro atoms. The minimum Gasteiger partial charge on any atom is -0.386 e. The molecule has 1 aromatic carbocycles. The van der Waals surface area contributed by atoms with Gasteiger partial charge < -0.3 is 10.0 Å². The number of piperidine rings is 1. The SMILES string of the molecule is O=C1CCC(N2Cc3cc(-n4cc(CC(O)c5ccccn5)nn4)ccc3C2=O)C(=O)N1. The molecule has 0 aliphatic carbocycles. The molecular weight excluding hydrogens is 412 g/mol. The Hall–Kier alpha value is -3.92. The highest BCUT2D eigenvalue weighted by molar-refractivity contribution is 6.05. The molecule has 10 heteroatoms. The predicted molar refractivity (Wildman–Crippen MR) is 110 cm³/mol. The van der Waals surface area contributed by atoms with Gasteiger partial charge in [0.05, 0.1) is 23.3 Å². The van der Waals surface area contributed by atoms with Crippen LogP contribution in [-0.2, 0) is 22.6 Å². The van der Waals surface area contributed by atoms with Gasteiger partial charge in [-0.1, -0.05) is 11.3 Å². The molecule has 3 amide bonds. The molecule has 2 aromatic heterocycles. The summed E-state index contributed by atoms with van der Waals surface area (Å²) in [5, 5.41) is 20.9. The minimum absolute atomic E-state index is 0.216. The third-order valence-electron chi connectivity index (χ3n) is 5.74. The molecule has 0 saturated carbocycles. The summed E-state index contributed by atoms with van der Waals surface area (Å²) in [6.07, 6.45) is 3.36. The fraction of sp³-hybridized carbons (Fsp3) is 0.273. The monoisotopic (exact) mass is 432 g/mol. The topological polar surface area (TPSA) is 130 Å². The van der Waals surface area contributed by atoms with Gasteiger partial charge in [0.15, 0.2) is 0 Å². The van der Waals surface area contributed by atoms with Gasteiger partial charge in [0.1, 0.15) is 12.1 Å². The molecule has 162 valence electrons. The smallest absolute Gasteiger partial charge is 0.255 e. The first-order valence-electron chi connectivity index (χ1n) is 10.3. The summed E-state index contributed by atoms with van der Waals surface area (Å²) in [7, 11) is 0. The number of aliphatic hydroxyl groups excluding tert-OH is 1. The van der Waals surface area contributed by atoms with Crippen LogP contribution >= 0.6 is 0 Å². The molecule has 1 fully saturated rings. The van der Waals surface area contributed by atoms with Crippen molar-refractivity contribution in [2.45, 2.75) is 38.0 Å². The van der Waals surface area contributed by atoms with Crippen molar-refractivity contribution in [2.75, 3.05) is 0 Å². The summed E-state index contributed by atoms with van der Waals surface area (Å²) in [6.45, 7) is 0.286. The van der Waals surface area contributed by atoms with Crippen LogP contribution in [0.2, 0.25) is 0 Å². The summed E-state index contributed by atoms with van der Waals surface area (Å²) < 4.78 is 1.58. The summed E-state index contributed by atoms with van der Waals surface area (Å²) in [5.41, 5.74) is 3.19. The van der Waals surface area contributed by atoms with Gasteiger partial charge in [-0.15, -0.1) is 5.10 Å². The Morgan fingerprint density at radius 3 is 2.84 bits per heavy atom. The number of aromatic nitrogens is 4. The third kappa shape index (κ3) is 3.65.